The molecule has 0 atom stereocenters. The minimum atomic E-state index is -0.764. The molecule has 3 aromatic rings. The number of nitrogens with one attached hydrogen (secondary N) is 1. The quantitative estimate of drug-likeness (QED) is 0.433. The molecule has 0 fully saturated rings. The van der Waals surface area contributed by atoms with E-state index in [1.165, 1.54) is 28.9 Å². The summed E-state index contributed by atoms with van der Waals surface area (Å²) in [5.74, 6) is -2.73. The maximum Gasteiger partial charge on any atom is 0.277 e. The van der Waals surface area contributed by atoms with Crippen molar-refractivity contribution in [2.45, 2.75) is 19.4 Å². The van der Waals surface area contributed by atoms with E-state index in [2.05, 4.69) is 5.43 Å². The molecule has 188 valence electrons. The Kier molecular flexibility index (Phi) is 7.74. The van der Waals surface area contributed by atoms with Crippen LogP contribution in [0.2, 0.25) is 0 Å². The van der Waals surface area contributed by atoms with E-state index in [1.54, 1.807) is 12.1 Å². The first-order valence-corrected chi connectivity index (χ1v) is 11.3. The molecule has 0 radical (unpaired) electrons. The van der Waals surface area contributed by atoms with Gasteiger partial charge in [0.15, 0.2) is 17.2 Å². The number of ketones is 1. The maximum absolute atomic E-state index is 14.0. The van der Waals surface area contributed by atoms with Crippen molar-refractivity contribution in [3.05, 3.63) is 99.0 Å². The Morgan fingerprint density at radius 3 is 2.61 bits per heavy atom. The largest absolute Gasteiger partial charge is 0.482 e. The van der Waals surface area contributed by atoms with Gasteiger partial charge in [-0.2, -0.15) is 0 Å². The maximum atomic E-state index is 14.0. The van der Waals surface area contributed by atoms with Crippen LogP contribution in [-0.4, -0.2) is 48.2 Å². The summed E-state index contributed by atoms with van der Waals surface area (Å²) in [4.78, 5) is 41.1. The van der Waals surface area contributed by atoms with Gasteiger partial charge in [-0.1, -0.05) is 36.4 Å². The minimum Gasteiger partial charge on any atom is -0.482 e. The number of fused-ring (bicyclic) bond motifs is 1. The molecule has 0 bridgehead atoms. The normalized spacial score (nSPS) is 12.8. The van der Waals surface area contributed by atoms with Crippen molar-refractivity contribution in [1.29, 1.82) is 0 Å². The molecule has 1 aliphatic heterocycles. The molecule has 8 nitrogen and oxygen atoms in total. The molecule has 0 saturated carbocycles. The molecular weight excluding hydrogens is 472 g/mol. The van der Waals surface area contributed by atoms with Gasteiger partial charge in [0.2, 0.25) is 5.43 Å². The van der Waals surface area contributed by atoms with Crippen LogP contribution in [0.15, 0.2) is 59.5 Å². The van der Waals surface area contributed by atoms with Crippen molar-refractivity contribution in [3.8, 4) is 5.75 Å². The minimum absolute atomic E-state index is 0.00681. The molecule has 4 rings (SSSR count). The van der Waals surface area contributed by atoms with Crippen LogP contribution in [0, 0.1) is 11.6 Å². The molecular formula is C26H25F2N3O5. The number of carbonyl (C=O) groups is 2. The molecule has 1 aliphatic rings. The second-order valence-corrected chi connectivity index (χ2v) is 8.23. The van der Waals surface area contributed by atoms with Crippen molar-refractivity contribution < 1.29 is 27.8 Å². The molecule has 1 aromatic heterocycles. The van der Waals surface area contributed by atoms with Gasteiger partial charge in [-0.15, -0.1) is 0 Å². The van der Waals surface area contributed by atoms with Gasteiger partial charge in [-0.05, 0) is 23.6 Å². The second-order valence-electron chi connectivity index (χ2n) is 8.23. The molecule has 0 unspecified atom stereocenters. The number of methoxy groups -OCH3 is 1. The monoisotopic (exact) mass is 497 g/mol. The molecule has 1 N–H and O–H groups in total. The topological polar surface area (TPSA) is 89.9 Å². The van der Waals surface area contributed by atoms with Gasteiger partial charge < -0.3 is 19.8 Å². The van der Waals surface area contributed by atoms with Crippen LogP contribution in [0.1, 0.15) is 38.4 Å². The zero-order valence-corrected chi connectivity index (χ0v) is 19.6. The number of rotatable bonds is 10. The van der Waals surface area contributed by atoms with E-state index in [9.17, 15) is 23.2 Å². The third-order valence-electron chi connectivity index (χ3n) is 5.81. The van der Waals surface area contributed by atoms with E-state index in [-0.39, 0.29) is 48.7 Å². The molecule has 1 amide bonds. The summed E-state index contributed by atoms with van der Waals surface area (Å²) in [7, 11) is 1.52. The number of nitrogens with zero attached hydrogens (tertiary/aromatic N) is 2. The number of ether oxygens (including phenoxy) is 2. The van der Waals surface area contributed by atoms with Gasteiger partial charge in [-0.3, -0.25) is 19.1 Å². The van der Waals surface area contributed by atoms with Crippen molar-refractivity contribution >= 4 is 11.7 Å². The van der Waals surface area contributed by atoms with Crippen LogP contribution in [0.25, 0.3) is 0 Å². The summed E-state index contributed by atoms with van der Waals surface area (Å²) in [5.41, 5.74) is 2.97. The van der Waals surface area contributed by atoms with E-state index in [0.29, 0.717) is 13.2 Å². The smallest absolute Gasteiger partial charge is 0.277 e. The molecule has 2 aromatic carbocycles. The third-order valence-corrected chi connectivity index (χ3v) is 5.81. The Bertz CT molecular complexity index is 1330. The third kappa shape index (κ3) is 5.44. The van der Waals surface area contributed by atoms with Crippen molar-refractivity contribution in [2.75, 3.05) is 32.4 Å². The number of amides is 1. The van der Waals surface area contributed by atoms with Crippen LogP contribution < -0.4 is 15.6 Å². The number of halogens is 2. The van der Waals surface area contributed by atoms with Crippen molar-refractivity contribution in [3.63, 3.8) is 0 Å². The summed E-state index contributed by atoms with van der Waals surface area (Å²) < 4.78 is 39.4. The predicted molar refractivity (Wildman–Crippen MR) is 128 cm³/mol. The number of carbonyl (C=O) groups excluding carboxylic acids is 2. The predicted octanol–water partition coefficient (Wildman–Crippen LogP) is 3.12. The molecule has 2 heterocycles. The fourth-order valence-corrected chi connectivity index (χ4v) is 3.85. The number of aryl methyl sites for hydroxylation is 1. The second kappa shape index (κ2) is 11.1. The highest BCUT2D eigenvalue weighted by Gasteiger charge is 2.31. The summed E-state index contributed by atoms with van der Waals surface area (Å²) in [6, 6.07) is 12.2. The Hall–Kier alpha value is -4.05. The van der Waals surface area contributed by atoms with Gasteiger partial charge >= 0.3 is 0 Å². The van der Waals surface area contributed by atoms with Gasteiger partial charge in [0, 0.05) is 32.3 Å². The Morgan fingerprint density at radius 2 is 1.89 bits per heavy atom. The molecule has 0 saturated heterocycles. The number of pyridine rings is 1. The fourth-order valence-electron chi connectivity index (χ4n) is 3.85. The van der Waals surface area contributed by atoms with E-state index < -0.39 is 28.8 Å². The number of hydrogen-bond donors (Lipinski definition) is 1. The Labute approximate surface area is 206 Å². The van der Waals surface area contributed by atoms with Gasteiger partial charge in [0.25, 0.3) is 5.91 Å². The van der Waals surface area contributed by atoms with E-state index in [4.69, 9.17) is 9.47 Å². The lowest BCUT2D eigenvalue weighted by Gasteiger charge is -2.32. The highest BCUT2D eigenvalue weighted by Crippen LogP contribution is 2.22. The Balaban J connectivity index is 1.66. The van der Waals surface area contributed by atoms with E-state index >= 15 is 0 Å². The standard InChI is InChI=1S/C26H25F2N3O5/c1-35-12-11-30-16-29-31-14-20(22(32)10-8-18-7-9-19(27)13-21(18)28)24(33)25(23(31)26(30)34)36-15-17-5-3-2-4-6-17/h2-7,9,13-14,29H,8,10-12,15-16H2,1H3. The summed E-state index contributed by atoms with van der Waals surface area (Å²) in [6.07, 6.45) is 1.05. The SMILES string of the molecule is COCCN1CNn2cc(C(=O)CCc3ccc(F)cc3F)c(=O)c(OCc3ccccc3)c2C1=O. The summed E-state index contributed by atoms with van der Waals surface area (Å²) >= 11 is 0. The van der Waals surface area contributed by atoms with E-state index in [0.717, 1.165) is 17.7 Å². The molecule has 10 heteroatoms. The van der Waals surface area contributed by atoms with Crippen LogP contribution >= 0.6 is 0 Å². The first-order chi connectivity index (χ1) is 17.4. The average molecular weight is 497 g/mol. The number of Topliss-reactive ketones (excluding diaryl/α,β-unsaturated/α-hetero) is 1. The van der Waals surface area contributed by atoms with Crippen LogP contribution in [0.4, 0.5) is 8.78 Å². The van der Waals surface area contributed by atoms with Gasteiger partial charge in [-0.25, -0.2) is 8.78 Å². The van der Waals surface area contributed by atoms with E-state index in [1.807, 2.05) is 18.2 Å². The van der Waals surface area contributed by atoms with Crippen LogP contribution in [-0.2, 0) is 17.8 Å². The van der Waals surface area contributed by atoms with Crippen molar-refractivity contribution in [1.82, 2.24) is 9.58 Å². The van der Waals surface area contributed by atoms with Gasteiger partial charge in [0.05, 0.1) is 12.2 Å². The fraction of sp³-hybridized carbons (Fsp3) is 0.269. The molecule has 0 aliphatic carbocycles. The van der Waals surface area contributed by atoms with Crippen LogP contribution in [0.3, 0.4) is 0 Å². The highest BCUT2D eigenvalue weighted by molar-refractivity contribution is 6.00. The summed E-state index contributed by atoms with van der Waals surface area (Å²) in [6.45, 7) is 0.727. The lowest BCUT2D eigenvalue weighted by atomic mass is 10.0. The first kappa shape index (κ1) is 25.1. The zero-order chi connectivity index (χ0) is 25.7. The zero-order valence-electron chi connectivity index (χ0n) is 19.6. The highest BCUT2D eigenvalue weighted by atomic mass is 19.1. The first-order valence-electron chi connectivity index (χ1n) is 11.3. The lowest BCUT2D eigenvalue weighted by molar-refractivity contribution is 0.0658. The number of benzene rings is 2. The average Bonchev–Trinajstić information content (AvgIpc) is 2.87. The number of aromatic nitrogens is 1. The lowest BCUT2D eigenvalue weighted by Crippen LogP contribution is -2.48. The van der Waals surface area contributed by atoms with Crippen LogP contribution in [0.5, 0.6) is 5.75 Å². The number of hydrogen-bond acceptors (Lipinski definition) is 6. The van der Waals surface area contributed by atoms with Gasteiger partial charge in [0.1, 0.15) is 24.9 Å². The van der Waals surface area contributed by atoms with Crippen molar-refractivity contribution in [2.24, 2.45) is 0 Å². The summed E-state index contributed by atoms with van der Waals surface area (Å²) in [5, 5.41) is 0. The molecule has 36 heavy (non-hydrogen) atoms. The Morgan fingerprint density at radius 1 is 1.11 bits per heavy atom. The molecule has 0 spiro atoms.